The minimum atomic E-state index is -1.13. The third-order valence-electron chi connectivity index (χ3n) is 4.27. The van der Waals surface area contributed by atoms with Gasteiger partial charge in [-0.25, -0.2) is 9.18 Å². The van der Waals surface area contributed by atoms with Gasteiger partial charge in [0.05, 0.1) is 6.04 Å². The van der Waals surface area contributed by atoms with E-state index in [1.807, 2.05) is 0 Å². The Balaban J connectivity index is 2.68. The summed E-state index contributed by atoms with van der Waals surface area (Å²) in [6, 6.07) is 4.57. The molecule has 0 aliphatic heterocycles. The van der Waals surface area contributed by atoms with Crippen LogP contribution >= 0.6 is 0 Å². The van der Waals surface area contributed by atoms with E-state index < -0.39 is 35.1 Å². The Morgan fingerprint density at radius 3 is 2.39 bits per heavy atom. The molecule has 1 rings (SSSR count). The minimum absolute atomic E-state index is 0.210. The molecular weight excluding hydrogens is 407 g/mol. The number of carbonyl (C=O) groups excluding carboxylic acids is 3. The molecule has 0 bridgehead atoms. The highest BCUT2D eigenvalue weighted by Crippen LogP contribution is 2.13. The van der Waals surface area contributed by atoms with Crippen LogP contribution in [0, 0.1) is 5.82 Å². The second kappa shape index (κ2) is 11.6. The molecule has 9 heteroatoms. The summed E-state index contributed by atoms with van der Waals surface area (Å²) in [7, 11) is 1.40. The van der Waals surface area contributed by atoms with E-state index in [1.54, 1.807) is 34.6 Å². The summed E-state index contributed by atoms with van der Waals surface area (Å²) in [5.41, 5.74) is -1.74. The number of amides is 2. The van der Waals surface area contributed by atoms with Crippen LogP contribution in [0.3, 0.4) is 0 Å². The van der Waals surface area contributed by atoms with E-state index in [0.717, 1.165) is 0 Å². The number of halogens is 1. The van der Waals surface area contributed by atoms with E-state index >= 15 is 0 Å². The van der Waals surface area contributed by atoms with Crippen molar-refractivity contribution < 1.29 is 33.0 Å². The molecule has 8 nitrogen and oxygen atoms in total. The molecule has 1 aromatic rings. The Kier molecular flexibility index (Phi) is 9.90. The minimum Gasteiger partial charge on any atom is -0.486 e. The van der Waals surface area contributed by atoms with Gasteiger partial charge in [-0.15, -0.1) is 0 Å². The lowest BCUT2D eigenvalue weighted by atomic mass is 10.0. The first-order valence-corrected chi connectivity index (χ1v) is 10.1. The van der Waals surface area contributed by atoms with Crippen molar-refractivity contribution in [1.82, 2.24) is 10.6 Å². The van der Waals surface area contributed by atoms with Crippen molar-refractivity contribution in [2.75, 3.05) is 20.3 Å². The second-order valence-corrected chi connectivity index (χ2v) is 8.52. The molecule has 174 valence electrons. The molecule has 31 heavy (non-hydrogen) atoms. The Morgan fingerprint density at radius 1 is 1.13 bits per heavy atom. The lowest BCUT2D eigenvalue weighted by Gasteiger charge is -2.26. The standard InChI is InChI=1S/C22H33FN2O6/c1-21(2,3)31-20(28)24-12-8-11-17(25-19(27)22(4,5)29-6)18(26)14-30-16-10-7-9-15(23)13-16/h7,9-10,13,17H,8,11-12,14H2,1-6H3,(H,24,28)(H,25,27). The van der Waals surface area contributed by atoms with Crippen molar-refractivity contribution in [3.63, 3.8) is 0 Å². The van der Waals surface area contributed by atoms with Crippen LogP contribution in [0.25, 0.3) is 0 Å². The van der Waals surface area contributed by atoms with Crippen LogP contribution in [-0.4, -0.2) is 55.3 Å². The normalized spacial score (nSPS) is 12.6. The number of methoxy groups -OCH3 is 1. The summed E-state index contributed by atoms with van der Waals surface area (Å²) in [6.45, 7) is 8.34. The molecule has 0 spiro atoms. The molecule has 0 aliphatic rings. The van der Waals surface area contributed by atoms with Gasteiger partial charge in [-0.1, -0.05) is 6.07 Å². The van der Waals surface area contributed by atoms with Crippen LogP contribution in [0.4, 0.5) is 9.18 Å². The van der Waals surface area contributed by atoms with Crippen molar-refractivity contribution in [3.05, 3.63) is 30.1 Å². The summed E-state index contributed by atoms with van der Waals surface area (Å²) in [5, 5.41) is 5.28. The van der Waals surface area contributed by atoms with E-state index in [-0.39, 0.29) is 31.1 Å². The summed E-state index contributed by atoms with van der Waals surface area (Å²) in [4.78, 5) is 36.9. The molecule has 0 fully saturated rings. The Hall–Kier alpha value is -2.68. The molecule has 0 saturated heterocycles. The average Bonchev–Trinajstić information content (AvgIpc) is 2.66. The van der Waals surface area contributed by atoms with Gasteiger partial charge in [0.25, 0.3) is 5.91 Å². The third kappa shape index (κ3) is 10.3. The van der Waals surface area contributed by atoms with E-state index in [2.05, 4.69) is 10.6 Å². The maximum atomic E-state index is 13.3. The molecule has 1 atom stereocenters. The molecule has 0 radical (unpaired) electrons. The van der Waals surface area contributed by atoms with Crippen LogP contribution in [0.1, 0.15) is 47.5 Å². The predicted octanol–water partition coefficient (Wildman–Crippen LogP) is 2.99. The lowest BCUT2D eigenvalue weighted by molar-refractivity contribution is -0.142. The number of alkyl carbamates (subject to hydrolysis) is 1. The smallest absolute Gasteiger partial charge is 0.407 e. The molecule has 1 aromatic carbocycles. The summed E-state index contributed by atoms with van der Waals surface area (Å²) in [6.07, 6.45) is 0.102. The number of ketones is 1. The second-order valence-electron chi connectivity index (χ2n) is 8.52. The number of ether oxygens (including phenoxy) is 3. The molecule has 2 amide bonds. The van der Waals surface area contributed by atoms with Crippen LogP contribution in [0.2, 0.25) is 0 Å². The van der Waals surface area contributed by atoms with Gasteiger partial charge in [-0.3, -0.25) is 9.59 Å². The zero-order chi connectivity index (χ0) is 23.7. The van der Waals surface area contributed by atoms with Gasteiger partial charge in [-0.05, 0) is 59.6 Å². The fraction of sp³-hybridized carbons (Fsp3) is 0.591. The van der Waals surface area contributed by atoms with Crippen LogP contribution in [-0.2, 0) is 19.1 Å². The Morgan fingerprint density at radius 2 is 1.81 bits per heavy atom. The van der Waals surface area contributed by atoms with E-state index in [1.165, 1.54) is 31.4 Å². The van der Waals surface area contributed by atoms with Crippen molar-refractivity contribution in [2.45, 2.75) is 64.7 Å². The topological polar surface area (TPSA) is 103 Å². The van der Waals surface area contributed by atoms with Crippen LogP contribution in [0.15, 0.2) is 24.3 Å². The molecule has 1 unspecified atom stereocenters. The van der Waals surface area contributed by atoms with E-state index in [0.29, 0.717) is 6.42 Å². The number of nitrogens with one attached hydrogen (secondary N) is 2. The van der Waals surface area contributed by atoms with Crippen molar-refractivity contribution in [1.29, 1.82) is 0 Å². The summed E-state index contributed by atoms with van der Waals surface area (Å²) in [5.74, 6) is -1.12. The predicted molar refractivity (Wildman–Crippen MR) is 113 cm³/mol. The van der Waals surface area contributed by atoms with Gasteiger partial charge < -0.3 is 24.8 Å². The van der Waals surface area contributed by atoms with E-state index in [4.69, 9.17) is 14.2 Å². The molecular formula is C22H33FN2O6. The SMILES string of the molecule is COC(C)(C)C(=O)NC(CCCNC(=O)OC(C)(C)C)C(=O)COc1cccc(F)c1. The number of carbonyl (C=O) groups is 3. The first kappa shape index (κ1) is 26.4. The quantitative estimate of drug-likeness (QED) is 0.513. The zero-order valence-electron chi connectivity index (χ0n) is 19.0. The van der Waals surface area contributed by atoms with Crippen LogP contribution < -0.4 is 15.4 Å². The maximum Gasteiger partial charge on any atom is 0.407 e. The summed E-state index contributed by atoms with van der Waals surface area (Å²) < 4.78 is 29.0. The highest BCUT2D eigenvalue weighted by Gasteiger charge is 2.31. The van der Waals surface area contributed by atoms with Gasteiger partial charge in [0.15, 0.2) is 5.78 Å². The van der Waals surface area contributed by atoms with Gasteiger partial charge in [0.1, 0.15) is 29.4 Å². The third-order valence-corrected chi connectivity index (χ3v) is 4.27. The number of benzene rings is 1. The number of hydrogen-bond donors (Lipinski definition) is 2. The van der Waals surface area contributed by atoms with Crippen molar-refractivity contribution >= 4 is 17.8 Å². The van der Waals surface area contributed by atoms with Crippen molar-refractivity contribution in [2.24, 2.45) is 0 Å². The van der Waals surface area contributed by atoms with Gasteiger partial charge in [0.2, 0.25) is 0 Å². The van der Waals surface area contributed by atoms with E-state index in [9.17, 15) is 18.8 Å². The zero-order valence-corrected chi connectivity index (χ0v) is 19.0. The highest BCUT2D eigenvalue weighted by atomic mass is 19.1. The van der Waals surface area contributed by atoms with Gasteiger partial charge in [0, 0.05) is 19.7 Å². The first-order valence-electron chi connectivity index (χ1n) is 10.1. The lowest BCUT2D eigenvalue weighted by Crippen LogP contribution is -2.51. The fourth-order valence-electron chi connectivity index (χ4n) is 2.36. The monoisotopic (exact) mass is 440 g/mol. The Labute approximate surface area is 182 Å². The number of Topliss-reactive ketones (excluding diaryl/α,β-unsaturated/α-hetero) is 1. The maximum absolute atomic E-state index is 13.3. The average molecular weight is 441 g/mol. The molecule has 0 saturated carbocycles. The number of hydrogen-bond acceptors (Lipinski definition) is 6. The first-order chi connectivity index (χ1) is 14.3. The molecule has 2 N–H and O–H groups in total. The number of rotatable bonds is 11. The summed E-state index contributed by atoms with van der Waals surface area (Å²) >= 11 is 0. The Bertz CT molecular complexity index is 761. The molecule has 0 heterocycles. The van der Waals surface area contributed by atoms with Gasteiger partial charge >= 0.3 is 6.09 Å². The van der Waals surface area contributed by atoms with Gasteiger partial charge in [-0.2, -0.15) is 0 Å². The highest BCUT2D eigenvalue weighted by molar-refractivity contribution is 5.92. The fourth-order valence-corrected chi connectivity index (χ4v) is 2.36. The van der Waals surface area contributed by atoms with Crippen LogP contribution in [0.5, 0.6) is 5.75 Å². The van der Waals surface area contributed by atoms with Crippen molar-refractivity contribution in [3.8, 4) is 5.75 Å². The molecule has 0 aliphatic carbocycles. The largest absolute Gasteiger partial charge is 0.486 e. The molecule has 0 aromatic heterocycles.